The lowest BCUT2D eigenvalue weighted by molar-refractivity contribution is 0.608. The zero-order valence-corrected chi connectivity index (χ0v) is 10.7. The van der Waals surface area contributed by atoms with Gasteiger partial charge in [0.05, 0.1) is 11.2 Å². The van der Waals surface area contributed by atoms with Crippen LogP contribution in [0.15, 0.2) is 24.3 Å². The first-order chi connectivity index (χ1) is 8.22. The van der Waals surface area contributed by atoms with Crippen molar-refractivity contribution in [2.24, 2.45) is 5.73 Å². The third kappa shape index (κ3) is 2.67. The summed E-state index contributed by atoms with van der Waals surface area (Å²) in [7, 11) is 0. The van der Waals surface area contributed by atoms with Gasteiger partial charge in [-0.25, -0.2) is 0 Å². The largest absolute Gasteiger partial charge is 0.328 e. The molecule has 0 fully saturated rings. The Bertz CT molecular complexity index is 485. The van der Waals surface area contributed by atoms with Crippen LogP contribution in [0.3, 0.4) is 0 Å². The van der Waals surface area contributed by atoms with E-state index in [1.54, 1.807) is 0 Å². The maximum atomic E-state index is 5.77. The minimum atomic E-state index is 0.287. The molecule has 0 aliphatic carbocycles. The molecule has 0 amide bonds. The summed E-state index contributed by atoms with van der Waals surface area (Å²) < 4.78 is 2.08. The van der Waals surface area contributed by atoms with Crippen LogP contribution in [0, 0.1) is 0 Å². The minimum absolute atomic E-state index is 0.287. The first-order valence-electron chi connectivity index (χ1n) is 6.42. The fraction of sp³-hybridized carbons (Fsp3) is 0.500. The Kier molecular flexibility index (Phi) is 3.79. The molecule has 0 aliphatic heterocycles. The van der Waals surface area contributed by atoms with E-state index >= 15 is 0 Å². The van der Waals surface area contributed by atoms with Gasteiger partial charge in [-0.2, -0.15) is 5.10 Å². The van der Waals surface area contributed by atoms with Crippen LogP contribution >= 0.6 is 0 Å². The summed E-state index contributed by atoms with van der Waals surface area (Å²) in [4.78, 5) is 0. The Balaban J connectivity index is 2.22. The summed E-state index contributed by atoms with van der Waals surface area (Å²) in [5.41, 5.74) is 8.23. The number of hydrogen-bond acceptors (Lipinski definition) is 2. The highest BCUT2D eigenvalue weighted by Gasteiger charge is 2.08. The van der Waals surface area contributed by atoms with Gasteiger partial charge >= 0.3 is 0 Å². The molecule has 1 heterocycles. The van der Waals surface area contributed by atoms with Crippen LogP contribution in [0.2, 0.25) is 0 Å². The second-order valence-corrected chi connectivity index (χ2v) is 4.65. The number of nitrogens with zero attached hydrogens (tertiary/aromatic N) is 2. The second-order valence-electron chi connectivity index (χ2n) is 4.65. The van der Waals surface area contributed by atoms with E-state index in [9.17, 15) is 0 Å². The van der Waals surface area contributed by atoms with E-state index in [1.807, 2.05) is 0 Å². The highest BCUT2D eigenvalue weighted by molar-refractivity contribution is 5.81. The predicted molar refractivity (Wildman–Crippen MR) is 72.0 cm³/mol. The fourth-order valence-electron chi connectivity index (χ4n) is 2.21. The molecule has 1 aromatic heterocycles. The topological polar surface area (TPSA) is 43.8 Å². The van der Waals surface area contributed by atoms with E-state index in [0.717, 1.165) is 25.8 Å². The number of aryl methyl sites for hydroxylation is 2. The summed E-state index contributed by atoms with van der Waals surface area (Å²) in [6, 6.07) is 8.74. The van der Waals surface area contributed by atoms with Crippen LogP contribution in [0.1, 0.15) is 32.4 Å². The van der Waals surface area contributed by atoms with E-state index in [0.29, 0.717) is 0 Å². The van der Waals surface area contributed by atoms with Crippen LogP contribution in [0.4, 0.5) is 0 Å². The molecule has 0 aliphatic rings. The lowest BCUT2D eigenvalue weighted by atomic mass is 10.1. The average molecular weight is 231 g/mol. The summed E-state index contributed by atoms with van der Waals surface area (Å²) in [5.74, 6) is 0. The van der Waals surface area contributed by atoms with Crippen molar-refractivity contribution in [3.05, 3.63) is 30.0 Å². The second kappa shape index (κ2) is 5.32. The molecule has 92 valence electrons. The number of rotatable bonds is 5. The monoisotopic (exact) mass is 231 g/mol. The van der Waals surface area contributed by atoms with Crippen molar-refractivity contribution in [2.45, 2.75) is 45.7 Å². The van der Waals surface area contributed by atoms with Gasteiger partial charge in [-0.05, 0) is 39.2 Å². The maximum absolute atomic E-state index is 5.77. The van der Waals surface area contributed by atoms with Crippen molar-refractivity contribution < 1.29 is 0 Å². The van der Waals surface area contributed by atoms with Gasteiger partial charge in [-0.3, -0.25) is 4.68 Å². The summed E-state index contributed by atoms with van der Waals surface area (Å²) in [5, 5.41) is 5.97. The number of aromatic nitrogens is 2. The summed E-state index contributed by atoms with van der Waals surface area (Å²) in [6.07, 6.45) is 3.20. The van der Waals surface area contributed by atoms with Crippen LogP contribution in [0.5, 0.6) is 0 Å². The molecule has 1 aromatic carbocycles. The van der Waals surface area contributed by atoms with Gasteiger partial charge < -0.3 is 5.73 Å². The Morgan fingerprint density at radius 2 is 2.12 bits per heavy atom. The van der Waals surface area contributed by atoms with Gasteiger partial charge in [0, 0.05) is 18.0 Å². The molecule has 0 saturated heterocycles. The molecule has 0 bridgehead atoms. The molecule has 2 N–H and O–H groups in total. The zero-order valence-electron chi connectivity index (χ0n) is 10.7. The predicted octanol–water partition coefficient (Wildman–Crippen LogP) is 2.73. The van der Waals surface area contributed by atoms with E-state index in [4.69, 9.17) is 5.73 Å². The van der Waals surface area contributed by atoms with Gasteiger partial charge in [0.2, 0.25) is 0 Å². The first kappa shape index (κ1) is 12.1. The number of hydrogen-bond donors (Lipinski definition) is 1. The van der Waals surface area contributed by atoms with Gasteiger partial charge in [0.1, 0.15) is 0 Å². The van der Waals surface area contributed by atoms with E-state index in [-0.39, 0.29) is 6.04 Å². The summed E-state index contributed by atoms with van der Waals surface area (Å²) >= 11 is 0. The smallest absolute Gasteiger partial charge is 0.0703 e. The van der Waals surface area contributed by atoms with Gasteiger partial charge in [0.15, 0.2) is 0 Å². The molecule has 1 unspecified atom stereocenters. The fourth-order valence-corrected chi connectivity index (χ4v) is 2.21. The Morgan fingerprint density at radius 1 is 1.35 bits per heavy atom. The van der Waals surface area contributed by atoms with Crippen molar-refractivity contribution in [1.82, 2.24) is 9.78 Å². The number of benzene rings is 1. The SMILES string of the molecule is CCn1nc(CCCC(C)N)c2ccccc21. The highest BCUT2D eigenvalue weighted by Crippen LogP contribution is 2.20. The van der Waals surface area contributed by atoms with Crippen LogP contribution in [0.25, 0.3) is 10.9 Å². The molecular formula is C14H21N3. The minimum Gasteiger partial charge on any atom is -0.328 e. The van der Waals surface area contributed by atoms with Crippen molar-refractivity contribution in [1.29, 1.82) is 0 Å². The maximum Gasteiger partial charge on any atom is 0.0703 e. The lowest BCUT2D eigenvalue weighted by Gasteiger charge is -2.02. The molecule has 17 heavy (non-hydrogen) atoms. The van der Waals surface area contributed by atoms with Gasteiger partial charge in [0.25, 0.3) is 0 Å². The Labute approximate surface area is 103 Å². The van der Waals surface area contributed by atoms with E-state index < -0.39 is 0 Å². The Hall–Kier alpha value is -1.35. The van der Waals surface area contributed by atoms with E-state index in [1.165, 1.54) is 16.6 Å². The summed E-state index contributed by atoms with van der Waals surface area (Å²) in [6.45, 7) is 5.11. The van der Waals surface area contributed by atoms with Crippen molar-refractivity contribution >= 4 is 10.9 Å². The average Bonchev–Trinajstić information content (AvgIpc) is 2.68. The molecule has 0 saturated carbocycles. The normalized spacial score (nSPS) is 13.1. The van der Waals surface area contributed by atoms with Crippen LogP contribution in [-0.2, 0) is 13.0 Å². The number of fused-ring (bicyclic) bond motifs is 1. The number of nitrogens with two attached hydrogens (primary N) is 1. The molecule has 3 nitrogen and oxygen atoms in total. The molecule has 2 aromatic rings. The van der Waals surface area contributed by atoms with Crippen molar-refractivity contribution in [3.8, 4) is 0 Å². The number of para-hydroxylation sites is 1. The van der Waals surface area contributed by atoms with E-state index in [2.05, 4.69) is 47.9 Å². The van der Waals surface area contributed by atoms with Crippen molar-refractivity contribution in [3.63, 3.8) is 0 Å². The van der Waals surface area contributed by atoms with Crippen LogP contribution in [-0.4, -0.2) is 15.8 Å². The lowest BCUT2D eigenvalue weighted by Crippen LogP contribution is -2.14. The third-order valence-corrected chi connectivity index (χ3v) is 3.11. The van der Waals surface area contributed by atoms with Gasteiger partial charge in [-0.15, -0.1) is 0 Å². The van der Waals surface area contributed by atoms with Gasteiger partial charge in [-0.1, -0.05) is 18.2 Å². The zero-order chi connectivity index (χ0) is 12.3. The molecule has 3 heteroatoms. The third-order valence-electron chi connectivity index (χ3n) is 3.11. The van der Waals surface area contributed by atoms with Crippen molar-refractivity contribution in [2.75, 3.05) is 0 Å². The molecule has 2 rings (SSSR count). The first-order valence-corrected chi connectivity index (χ1v) is 6.42. The molecule has 1 atom stereocenters. The quantitative estimate of drug-likeness (QED) is 0.860. The molecular weight excluding hydrogens is 210 g/mol. The van der Waals surface area contributed by atoms with Crippen LogP contribution < -0.4 is 5.73 Å². The molecule has 0 radical (unpaired) electrons. The molecule has 0 spiro atoms. The highest BCUT2D eigenvalue weighted by atomic mass is 15.3. The standard InChI is InChI=1S/C14H21N3/c1-3-17-14-10-5-4-8-12(14)13(16-17)9-6-7-11(2)15/h4-5,8,10-11H,3,6-7,9,15H2,1-2H3. The Morgan fingerprint density at radius 3 is 2.82 bits per heavy atom.